The number of fused-ring (bicyclic) bond motifs is 1. The molecule has 0 aromatic heterocycles. The molecule has 2 heterocycles. The average molecular weight is 404 g/mol. The van der Waals surface area contributed by atoms with Crippen molar-refractivity contribution in [2.45, 2.75) is 0 Å². The molecule has 1 N–H and O–H groups in total. The first kappa shape index (κ1) is 17.1. The van der Waals surface area contributed by atoms with Gasteiger partial charge < -0.3 is 10.2 Å². The molecule has 8 heteroatoms. The Morgan fingerprint density at radius 1 is 1.08 bits per heavy atom. The summed E-state index contributed by atoms with van der Waals surface area (Å²) >= 11 is 13.3. The SMILES string of the molecule is CN1C(=O)C(=C2SC(=Nc3cccc(Cl)c3Cl)NC2=O)c2ccccc21. The zero-order valence-corrected chi connectivity index (χ0v) is 15.7. The molecule has 2 aromatic carbocycles. The fourth-order valence-electron chi connectivity index (χ4n) is 2.82. The van der Waals surface area contributed by atoms with Crippen molar-refractivity contribution in [2.75, 3.05) is 11.9 Å². The van der Waals surface area contributed by atoms with E-state index in [4.69, 9.17) is 23.2 Å². The Labute approximate surface area is 163 Å². The van der Waals surface area contributed by atoms with Gasteiger partial charge in [-0.1, -0.05) is 47.5 Å². The maximum atomic E-state index is 12.7. The Morgan fingerprint density at radius 3 is 2.65 bits per heavy atom. The van der Waals surface area contributed by atoms with Gasteiger partial charge in [0.05, 0.1) is 31.9 Å². The van der Waals surface area contributed by atoms with Crippen LogP contribution in [0.3, 0.4) is 0 Å². The summed E-state index contributed by atoms with van der Waals surface area (Å²) in [6.45, 7) is 0. The fourth-order valence-corrected chi connectivity index (χ4v) is 4.08. The Hall–Kier alpha value is -2.28. The molecule has 26 heavy (non-hydrogen) atoms. The van der Waals surface area contributed by atoms with E-state index in [9.17, 15) is 9.59 Å². The summed E-state index contributed by atoms with van der Waals surface area (Å²) in [7, 11) is 1.69. The van der Waals surface area contributed by atoms with Crippen molar-refractivity contribution >= 4 is 68.9 Å². The number of halogens is 2. The van der Waals surface area contributed by atoms with Crippen LogP contribution in [0.2, 0.25) is 10.0 Å². The summed E-state index contributed by atoms with van der Waals surface area (Å²) in [5, 5.41) is 3.72. The lowest BCUT2D eigenvalue weighted by Crippen LogP contribution is -2.23. The van der Waals surface area contributed by atoms with Crippen molar-refractivity contribution in [3.63, 3.8) is 0 Å². The van der Waals surface area contributed by atoms with Gasteiger partial charge in [-0.05, 0) is 30.0 Å². The van der Waals surface area contributed by atoms with Crippen molar-refractivity contribution in [3.05, 3.63) is 63.0 Å². The first-order chi connectivity index (χ1) is 12.5. The van der Waals surface area contributed by atoms with Crippen LogP contribution in [0.4, 0.5) is 11.4 Å². The molecule has 4 rings (SSSR count). The quantitative estimate of drug-likeness (QED) is 0.724. The molecule has 2 aromatic rings. The number of carbonyl (C=O) groups is 2. The maximum absolute atomic E-state index is 12.7. The highest BCUT2D eigenvalue weighted by molar-refractivity contribution is 8.18. The highest BCUT2D eigenvalue weighted by atomic mass is 35.5. The molecule has 0 atom stereocenters. The van der Waals surface area contributed by atoms with Crippen molar-refractivity contribution in [3.8, 4) is 0 Å². The van der Waals surface area contributed by atoms with Gasteiger partial charge in [-0.2, -0.15) is 0 Å². The molecule has 1 saturated heterocycles. The lowest BCUT2D eigenvalue weighted by Gasteiger charge is -2.08. The van der Waals surface area contributed by atoms with Crippen molar-refractivity contribution in [1.29, 1.82) is 0 Å². The first-order valence-electron chi connectivity index (χ1n) is 7.61. The van der Waals surface area contributed by atoms with Crippen LogP contribution in [0, 0.1) is 0 Å². The maximum Gasteiger partial charge on any atom is 0.264 e. The summed E-state index contributed by atoms with van der Waals surface area (Å²) in [5.41, 5.74) is 2.34. The number of likely N-dealkylation sites (N-methyl/N-ethyl adjacent to an activating group) is 1. The third-order valence-corrected chi connectivity index (χ3v) is 5.85. The third kappa shape index (κ3) is 2.70. The van der Waals surface area contributed by atoms with Gasteiger partial charge in [0.15, 0.2) is 5.17 Å². The monoisotopic (exact) mass is 403 g/mol. The van der Waals surface area contributed by atoms with Crippen LogP contribution in [0.5, 0.6) is 0 Å². The third-order valence-electron chi connectivity index (χ3n) is 4.06. The zero-order chi connectivity index (χ0) is 18.4. The number of hydrogen-bond donors (Lipinski definition) is 1. The van der Waals surface area contributed by atoms with Gasteiger partial charge >= 0.3 is 0 Å². The predicted molar refractivity (Wildman–Crippen MR) is 106 cm³/mol. The lowest BCUT2D eigenvalue weighted by molar-refractivity contribution is -0.116. The van der Waals surface area contributed by atoms with E-state index in [0.717, 1.165) is 23.0 Å². The van der Waals surface area contributed by atoms with Gasteiger partial charge in [-0.3, -0.25) is 9.59 Å². The van der Waals surface area contributed by atoms with E-state index >= 15 is 0 Å². The summed E-state index contributed by atoms with van der Waals surface area (Å²) in [4.78, 5) is 31.4. The number of aliphatic imine (C=N–C) groups is 1. The Morgan fingerprint density at radius 2 is 1.85 bits per heavy atom. The second kappa shape index (κ2) is 6.46. The molecule has 0 saturated carbocycles. The van der Waals surface area contributed by atoms with Gasteiger partial charge in [0.2, 0.25) is 0 Å². The number of thioether (sulfide) groups is 1. The van der Waals surface area contributed by atoms with Crippen molar-refractivity contribution < 1.29 is 9.59 Å². The highest BCUT2D eigenvalue weighted by Gasteiger charge is 2.37. The molecule has 0 radical (unpaired) electrons. The lowest BCUT2D eigenvalue weighted by atomic mass is 10.1. The van der Waals surface area contributed by atoms with E-state index in [1.807, 2.05) is 24.3 Å². The Bertz CT molecular complexity index is 1030. The summed E-state index contributed by atoms with van der Waals surface area (Å²) < 4.78 is 0. The van der Waals surface area contributed by atoms with E-state index in [-0.39, 0.29) is 11.8 Å². The minimum atomic E-state index is -0.361. The van der Waals surface area contributed by atoms with Crippen LogP contribution in [0.1, 0.15) is 5.56 Å². The number of para-hydroxylation sites is 1. The number of nitrogens with one attached hydrogen (secondary N) is 1. The molecule has 5 nitrogen and oxygen atoms in total. The minimum Gasteiger partial charge on any atom is -0.311 e. The number of benzene rings is 2. The molecular weight excluding hydrogens is 393 g/mol. The average Bonchev–Trinajstić information content (AvgIpc) is 3.10. The molecule has 2 amide bonds. The van der Waals surface area contributed by atoms with E-state index in [1.165, 1.54) is 4.90 Å². The normalized spacial score (nSPS) is 20.7. The first-order valence-corrected chi connectivity index (χ1v) is 9.18. The smallest absolute Gasteiger partial charge is 0.264 e. The number of carbonyl (C=O) groups excluding carboxylic acids is 2. The number of rotatable bonds is 1. The number of nitrogens with zero attached hydrogens (tertiary/aromatic N) is 2. The molecule has 2 aliphatic heterocycles. The minimum absolute atomic E-state index is 0.217. The topological polar surface area (TPSA) is 61.8 Å². The van der Waals surface area contributed by atoms with Crippen LogP contribution >= 0.6 is 35.0 Å². The summed E-state index contributed by atoms with van der Waals surface area (Å²) in [6, 6.07) is 12.4. The Kier molecular flexibility index (Phi) is 4.26. The van der Waals surface area contributed by atoms with E-state index in [1.54, 1.807) is 25.2 Å². The zero-order valence-electron chi connectivity index (χ0n) is 13.4. The highest BCUT2D eigenvalue weighted by Crippen LogP contribution is 2.42. The Balaban J connectivity index is 1.78. The predicted octanol–water partition coefficient (Wildman–Crippen LogP) is 4.23. The number of anilines is 1. The van der Waals surface area contributed by atoms with Gasteiger partial charge in [0.25, 0.3) is 11.8 Å². The molecule has 1 fully saturated rings. The summed E-state index contributed by atoms with van der Waals surface area (Å²) in [5.74, 6) is -0.578. The molecule has 0 bridgehead atoms. The molecule has 0 spiro atoms. The molecular formula is C18H11Cl2N3O2S. The van der Waals surface area contributed by atoms with Crippen molar-refractivity contribution in [2.24, 2.45) is 4.99 Å². The fraction of sp³-hybridized carbons (Fsp3) is 0.0556. The van der Waals surface area contributed by atoms with E-state index in [2.05, 4.69) is 10.3 Å². The van der Waals surface area contributed by atoms with Gasteiger partial charge in [-0.15, -0.1) is 0 Å². The van der Waals surface area contributed by atoms with Crippen LogP contribution in [0.25, 0.3) is 5.57 Å². The van der Waals surface area contributed by atoms with E-state index in [0.29, 0.717) is 31.4 Å². The number of hydrogen-bond acceptors (Lipinski definition) is 4. The van der Waals surface area contributed by atoms with Crippen LogP contribution < -0.4 is 10.2 Å². The summed E-state index contributed by atoms with van der Waals surface area (Å²) in [6.07, 6.45) is 0. The van der Waals surface area contributed by atoms with E-state index < -0.39 is 0 Å². The molecule has 130 valence electrons. The molecule has 0 unspecified atom stereocenters. The second-order valence-corrected chi connectivity index (χ2v) is 7.42. The number of amidine groups is 1. The van der Waals surface area contributed by atoms with Gasteiger partial charge in [0, 0.05) is 12.6 Å². The molecule has 0 aliphatic carbocycles. The van der Waals surface area contributed by atoms with Crippen LogP contribution in [0.15, 0.2) is 52.4 Å². The molecule has 2 aliphatic rings. The van der Waals surface area contributed by atoms with Crippen LogP contribution in [-0.2, 0) is 9.59 Å². The van der Waals surface area contributed by atoms with Gasteiger partial charge in [-0.25, -0.2) is 4.99 Å². The number of amides is 2. The second-order valence-electron chi connectivity index (χ2n) is 5.63. The largest absolute Gasteiger partial charge is 0.311 e. The van der Waals surface area contributed by atoms with Crippen molar-refractivity contribution in [1.82, 2.24) is 5.32 Å². The van der Waals surface area contributed by atoms with Crippen LogP contribution in [-0.4, -0.2) is 24.0 Å². The van der Waals surface area contributed by atoms with Gasteiger partial charge in [0.1, 0.15) is 0 Å². The standard InChI is InChI=1S/C18H11Cl2N3O2S/c1-23-12-8-3-2-5-9(12)13(17(23)25)15-16(24)22-18(26-15)21-11-7-4-6-10(19)14(11)20/h2-8H,1H3,(H,21,22,24).